The molecule has 2 heterocycles. The highest BCUT2D eigenvalue weighted by molar-refractivity contribution is 5.92. The van der Waals surface area contributed by atoms with Gasteiger partial charge in [0.2, 0.25) is 5.91 Å². The van der Waals surface area contributed by atoms with Crippen LogP contribution in [0.2, 0.25) is 0 Å². The van der Waals surface area contributed by atoms with Crippen LogP contribution in [-0.2, 0) is 14.3 Å². The summed E-state index contributed by atoms with van der Waals surface area (Å²) in [5, 5.41) is 13.2. The van der Waals surface area contributed by atoms with Gasteiger partial charge in [0.15, 0.2) is 6.10 Å². The van der Waals surface area contributed by atoms with Crippen LogP contribution in [0.1, 0.15) is 5.56 Å². The van der Waals surface area contributed by atoms with Crippen molar-refractivity contribution in [2.45, 2.75) is 6.10 Å². The fraction of sp³-hybridized carbons (Fsp3) is 0.235. The first-order valence-electron chi connectivity index (χ1n) is 7.55. The van der Waals surface area contributed by atoms with Gasteiger partial charge in [-0.05, 0) is 18.2 Å². The molecular formula is C17H17N3O4. The first kappa shape index (κ1) is 15.9. The maximum Gasteiger partial charge on any atom is 0.334 e. The van der Waals surface area contributed by atoms with Gasteiger partial charge in [0.25, 0.3) is 0 Å². The summed E-state index contributed by atoms with van der Waals surface area (Å²) < 4.78 is 6.83. The number of aromatic nitrogens is 2. The maximum absolute atomic E-state index is 12.2. The van der Waals surface area contributed by atoms with Gasteiger partial charge >= 0.3 is 5.97 Å². The summed E-state index contributed by atoms with van der Waals surface area (Å²) in [6.45, 7) is 0.667. The molecule has 0 radical (unpaired) electrons. The zero-order chi connectivity index (χ0) is 16.9. The molecule has 1 amide bonds. The molecule has 7 heteroatoms. The van der Waals surface area contributed by atoms with Crippen molar-refractivity contribution in [1.82, 2.24) is 14.7 Å². The van der Waals surface area contributed by atoms with Crippen molar-refractivity contribution >= 4 is 18.0 Å². The van der Waals surface area contributed by atoms with E-state index in [0.717, 1.165) is 11.3 Å². The van der Waals surface area contributed by atoms with E-state index in [1.165, 1.54) is 11.0 Å². The molecule has 1 atom stereocenters. The largest absolute Gasteiger partial charge is 0.479 e. The quantitative estimate of drug-likeness (QED) is 0.853. The van der Waals surface area contributed by atoms with Gasteiger partial charge in [0, 0.05) is 24.4 Å². The van der Waals surface area contributed by atoms with Gasteiger partial charge in [0.1, 0.15) is 0 Å². The van der Waals surface area contributed by atoms with E-state index < -0.39 is 12.1 Å². The molecule has 1 aliphatic heterocycles. The average molecular weight is 327 g/mol. The van der Waals surface area contributed by atoms with E-state index in [-0.39, 0.29) is 19.1 Å². The Balaban J connectivity index is 1.64. The van der Waals surface area contributed by atoms with E-state index in [1.54, 1.807) is 17.0 Å². The molecular weight excluding hydrogens is 310 g/mol. The average Bonchev–Trinajstić information content (AvgIpc) is 3.09. The molecule has 1 unspecified atom stereocenters. The highest BCUT2D eigenvalue weighted by Gasteiger charge is 2.27. The molecule has 0 bridgehead atoms. The van der Waals surface area contributed by atoms with Gasteiger partial charge in [-0.3, -0.25) is 4.79 Å². The third kappa shape index (κ3) is 3.69. The molecule has 3 rings (SSSR count). The van der Waals surface area contributed by atoms with Crippen LogP contribution in [0.15, 0.2) is 48.8 Å². The number of benzene rings is 1. The number of aliphatic carboxylic acids is 1. The van der Waals surface area contributed by atoms with Crippen LogP contribution in [0.5, 0.6) is 0 Å². The van der Waals surface area contributed by atoms with Crippen molar-refractivity contribution in [2.24, 2.45) is 0 Å². The van der Waals surface area contributed by atoms with Crippen molar-refractivity contribution < 1.29 is 19.4 Å². The second-order valence-electron chi connectivity index (χ2n) is 5.37. The van der Waals surface area contributed by atoms with E-state index in [2.05, 4.69) is 5.10 Å². The van der Waals surface area contributed by atoms with E-state index in [1.807, 2.05) is 36.5 Å². The smallest absolute Gasteiger partial charge is 0.334 e. The number of hydrogen-bond donors (Lipinski definition) is 1. The Morgan fingerprint density at radius 1 is 1.29 bits per heavy atom. The van der Waals surface area contributed by atoms with Crippen molar-refractivity contribution in [3.8, 4) is 5.69 Å². The van der Waals surface area contributed by atoms with Gasteiger partial charge in [-0.2, -0.15) is 5.10 Å². The summed E-state index contributed by atoms with van der Waals surface area (Å²) in [5.41, 5.74) is 1.72. The molecule has 24 heavy (non-hydrogen) atoms. The number of amides is 1. The molecule has 0 spiro atoms. The van der Waals surface area contributed by atoms with Gasteiger partial charge in [-0.25, -0.2) is 9.48 Å². The predicted molar refractivity (Wildman–Crippen MR) is 86.6 cm³/mol. The van der Waals surface area contributed by atoms with E-state index in [4.69, 9.17) is 9.84 Å². The topological polar surface area (TPSA) is 84.7 Å². The van der Waals surface area contributed by atoms with Crippen molar-refractivity contribution in [3.05, 3.63) is 54.4 Å². The maximum atomic E-state index is 12.2. The van der Waals surface area contributed by atoms with Gasteiger partial charge < -0.3 is 14.7 Å². The summed E-state index contributed by atoms with van der Waals surface area (Å²) in [6.07, 6.45) is 5.61. The number of carbonyl (C=O) groups is 2. The lowest BCUT2D eigenvalue weighted by Gasteiger charge is -2.30. The minimum atomic E-state index is -1.05. The summed E-state index contributed by atoms with van der Waals surface area (Å²) in [6, 6.07) is 9.65. The number of nitrogens with zero attached hydrogens (tertiary/aromatic N) is 3. The summed E-state index contributed by atoms with van der Waals surface area (Å²) >= 11 is 0. The summed E-state index contributed by atoms with van der Waals surface area (Å²) in [7, 11) is 0. The molecule has 0 aliphatic carbocycles. The van der Waals surface area contributed by atoms with Gasteiger partial charge in [-0.1, -0.05) is 18.2 Å². The van der Waals surface area contributed by atoms with Gasteiger partial charge in [-0.15, -0.1) is 0 Å². The Labute approximate surface area is 138 Å². The number of hydrogen-bond acceptors (Lipinski definition) is 4. The third-order valence-electron chi connectivity index (χ3n) is 3.70. The fourth-order valence-corrected chi connectivity index (χ4v) is 2.42. The number of rotatable bonds is 4. The number of carboxylic acids is 1. The Kier molecular flexibility index (Phi) is 4.72. The van der Waals surface area contributed by atoms with Crippen LogP contribution >= 0.6 is 0 Å². The van der Waals surface area contributed by atoms with Crippen LogP contribution in [0, 0.1) is 0 Å². The SMILES string of the molecule is O=C(O)C1CN(C(=O)C=Cc2cnn(-c3ccccc3)c2)CCO1. The Morgan fingerprint density at radius 3 is 2.83 bits per heavy atom. The highest BCUT2D eigenvalue weighted by Crippen LogP contribution is 2.10. The molecule has 2 aromatic rings. The standard InChI is InChI=1S/C17H17N3O4/c21-16(19-8-9-24-15(12-19)17(22)23)7-6-13-10-18-20(11-13)14-4-2-1-3-5-14/h1-7,10-11,15H,8-9,12H2,(H,22,23). The Bertz CT molecular complexity index is 754. The lowest BCUT2D eigenvalue weighted by Crippen LogP contribution is -2.48. The molecule has 1 saturated heterocycles. The molecule has 0 saturated carbocycles. The van der Waals surface area contributed by atoms with Crippen molar-refractivity contribution in [3.63, 3.8) is 0 Å². The number of morpholine rings is 1. The zero-order valence-electron chi connectivity index (χ0n) is 12.9. The normalized spacial score (nSPS) is 18.0. The minimum Gasteiger partial charge on any atom is -0.479 e. The monoisotopic (exact) mass is 327 g/mol. The van der Waals surface area contributed by atoms with E-state index in [0.29, 0.717) is 6.54 Å². The molecule has 1 fully saturated rings. The van der Waals surface area contributed by atoms with Crippen LogP contribution < -0.4 is 0 Å². The molecule has 1 N–H and O–H groups in total. The first-order valence-corrected chi connectivity index (χ1v) is 7.55. The molecule has 124 valence electrons. The van der Waals surface area contributed by atoms with Crippen LogP contribution in [0.4, 0.5) is 0 Å². The van der Waals surface area contributed by atoms with Crippen LogP contribution in [0.3, 0.4) is 0 Å². The minimum absolute atomic E-state index is 0.0573. The fourth-order valence-electron chi connectivity index (χ4n) is 2.42. The van der Waals surface area contributed by atoms with E-state index >= 15 is 0 Å². The number of carboxylic acid groups (broad SMARTS) is 1. The predicted octanol–water partition coefficient (Wildman–Crippen LogP) is 1.20. The van der Waals surface area contributed by atoms with Crippen molar-refractivity contribution in [1.29, 1.82) is 0 Å². The second-order valence-corrected chi connectivity index (χ2v) is 5.37. The lowest BCUT2D eigenvalue weighted by molar-refractivity contribution is -0.158. The number of carbonyl (C=O) groups excluding carboxylic acids is 1. The number of para-hydroxylation sites is 1. The van der Waals surface area contributed by atoms with Crippen LogP contribution in [0.25, 0.3) is 11.8 Å². The third-order valence-corrected chi connectivity index (χ3v) is 3.70. The second kappa shape index (κ2) is 7.10. The summed E-state index contributed by atoms with van der Waals surface area (Å²) in [4.78, 5) is 24.6. The molecule has 1 aromatic heterocycles. The van der Waals surface area contributed by atoms with Gasteiger partial charge in [0.05, 0.1) is 25.0 Å². The molecule has 7 nitrogen and oxygen atoms in total. The lowest BCUT2D eigenvalue weighted by atomic mass is 10.2. The van der Waals surface area contributed by atoms with E-state index in [9.17, 15) is 9.59 Å². The molecule has 1 aliphatic rings. The van der Waals surface area contributed by atoms with Crippen molar-refractivity contribution in [2.75, 3.05) is 19.7 Å². The zero-order valence-corrected chi connectivity index (χ0v) is 12.9. The Hall–Kier alpha value is -2.93. The highest BCUT2D eigenvalue weighted by atomic mass is 16.5. The molecule has 1 aromatic carbocycles. The first-order chi connectivity index (χ1) is 11.6. The summed E-state index contributed by atoms with van der Waals surface area (Å²) in [5.74, 6) is -1.29. The number of ether oxygens (including phenoxy) is 1. The van der Waals surface area contributed by atoms with Crippen LogP contribution in [-0.4, -0.2) is 57.5 Å². The Morgan fingerprint density at radius 2 is 2.08 bits per heavy atom.